The van der Waals surface area contributed by atoms with Gasteiger partial charge in [-0.25, -0.2) is 18.1 Å². The molecule has 8 nitrogen and oxygen atoms in total. The zero-order valence-corrected chi connectivity index (χ0v) is 15.8. The van der Waals surface area contributed by atoms with E-state index in [-0.39, 0.29) is 5.91 Å². The van der Waals surface area contributed by atoms with E-state index < -0.39 is 10.0 Å². The molecule has 0 saturated carbocycles. The zero-order chi connectivity index (χ0) is 18.4. The first-order chi connectivity index (χ1) is 11.7. The molecule has 1 saturated heterocycles. The van der Waals surface area contributed by atoms with Crippen LogP contribution in [0.5, 0.6) is 0 Å². The highest BCUT2D eigenvalue weighted by molar-refractivity contribution is 7.88. The van der Waals surface area contributed by atoms with E-state index in [1.807, 2.05) is 20.8 Å². The number of piperazine rings is 1. The van der Waals surface area contributed by atoms with E-state index in [1.54, 1.807) is 15.6 Å². The Bertz CT molecular complexity index is 927. The third-order valence-corrected chi connectivity index (χ3v) is 5.83. The van der Waals surface area contributed by atoms with E-state index in [0.29, 0.717) is 38.3 Å². The average Bonchev–Trinajstić information content (AvgIpc) is 2.88. The van der Waals surface area contributed by atoms with Gasteiger partial charge in [0.25, 0.3) is 5.91 Å². The van der Waals surface area contributed by atoms with Crippen LogP contribution in [0.3, 0.4) is 0 Å². The van der Waals surface area contributed by atoms with Crippen LogP contribution in [0.15, 0.2) is 6.07 Å². The number of sulfonamides is 1. The monoisotopic (exact) mass is 365 g/mol. The Morgan fingerprint density at radius 1 is 1.20 bits per heavy atom. The maximum absolute atomic E-state index is 13.1. The van der Waals surface area contributed by atoms with Gasteiger partial charge in [-0.3, -0.25) is 4.79 Å². The first-order valence-electron chi connectivity index (χ1n) is 8.31. The molecule has 3 rings (SSSR count). The minimum Gasteiger partial charge on any atom is -0.336 e. The minimum absolute atomic E-state index is 0.0950. The number of aromatic nitrogens is 3. The van der Waals surface area contributed by atoms with Crippen LogP contribution in [0.25, 0.3) is 11.0 Å². The molecule has 9 heteroatoms. The van der Waals surface area contributed by atoms with Gasteiger partial charge in [0.05, 0.1) is 22.9 Å². The average molecular weight is 365 g/mol. The third-order valence-electron chi connectivity index (χ3n) is 4.53. The van der Waals surface area contributed by atoms with Crippen molar-refractivity contribution < 1.29 is 13.2 Å². The van der Waals surface area contributed by atoms with Crippen LogP contribution in [0.4, 0.5) is 0 Å². The van der Waals surface area contributed by atoms with Crippen molar-refractivity contribution in [3.8, 4) is 0 Å². The molecule has 136 valence electrons. The molecule has 0 radical (unpaired) electrons. The number of rotatable bonds is 3. The maximum atomic E-state index is 13.1. The number of hydrogen-bond acceptors (Lipinski definition) is 5. The molecule has 1 fully saturated rings. The number of pyridine rings is 1. The Morgan fingerprint density at radius 2 is 1.84 bits per heavy atom. The molecule has 0 N–H and O–H groups in total. The summed E-state index contributed by atoms with van der Waals surface area (Å²) in [6, 6.07) is 1.79. The lowest BCUT2D eigenvalue weighted by Crippen LogP contribution is -2.50. The smallest absolute Gasteiger partial charge is 0.254 e. The standard InChI is InChI=1S/C16H23N5O3S/c1-5-21-15-14(12(3)18-21)13(10-11(2)17-15)16(22)19-6-8-20(9-7-19)25(4,23)24/h10H,5-9H2,1-4H3. The van der Waals surface area contributed by atoms with Crippen molar-refractivity contribution in [3.05, 3.63) is 23.0 Å². The second-order valence-electron chi connectivity index (χ2n) is 6.37. The summed E-state index contributed by atoms with van der Waals surface area (Å²) in [4.78, 5) is 19.3. The summed E-state index contributed by atoms with van der Waals surface area (Å²) in [6.07, 6.45) is 1.20. The molecule has 0 aliphatic carbocycles. The summed E-state index contributed by atoms with van der Waals surface area (Å²) in [5.74, 6) is -0.0950. The van der Waals surface area contributed by atoms with E-state index in [1.165, 1.54) is 10.6 Å². The Kier molecular flexibility index (Phi) is 4.54. The van der Waals surface area contributed by atoms with Crippen molar-refractivity contribution in [3.63, 3.8) is 0 Å². The molecule has 0 unspecified atom stereocenters. The summed E-state index contributed by atoms with van der Waals surface area (Å²) in [6.45, 7) is 7.83. The molecular weight excluding hydrogens is 342 g/mol. The fraction of sp³-hybridized carbons (Fsp3) is 0.562. The highest BCUT2D eigenvalue weighted by atomic mass is 32.2. The molecule has 0 bridgehead atoms. The number of nitrogens with zero attached hydrogens (tertiary/aromatic N) is 5. The van der Waals surface area contributed by atoms with Gasteiger partial charge in [0, 0.05) is 38.4 Å². The molecule has 0 atom stereocenters. The largest absolute Gasteiger partial charge is 0.336 e. The van der Waals surface area contributed by atoms with E-state index in [0.717, 1.165) is 22.4 Å². The first kappa shape index (κ1) is 17.8. The van der Waals surface area contributed by atoms with Crippen molar-refractivity contribution in [2.45, 2.75) is 27.3 Å². The van der Waals surface area contributed by atoms with E-state index in [9.17, 15) is 13.2 Å². The van der Waals surface area contributed by atoms with Crippen molar-refractivity contribution >= 4 is 27.0 Å². The summed E-state index contributed by atoms with van der Waals surface area (Å²) in [5.41, 5.74) is 2.85. The first-order valence-corrected chi connectivity index (χ1v) is 10.2. The molecule has 1 aliphatic rings. The van der Waals surface area contributed by atoms with Crippen LogP contribution in [0.1, 0.15) is 28.7 Å². The highest BCUT2D eigenvalue weighted by Gasteiger charge is 2.28. The van der Waals surface area contributed by atoms with Gasteiger partial charge in [0.1, 0.15) is 0 Å². The van der Waals surface area contributed by atoms with Crippen LogP contribution >= 0.6 is 0 Å². The van der Waals surface area contributed by atoms with Gasteiger partial charge in [0.2, 0.25) is 10.0 Å². The number of fused-ring (bicyclic) bond motifs is 1. The predicted octanol–water partition coefficient (Wildman–Crippen LogP) is 0.785. The van der Waals surface area contributed by atoms with Gasteiger partial charge < -0.3 is 4.90 Å². The summed E-state index contributed by atoms with van der Waals surface area (Å²) in [5, 5.41) is 5.26. The summed E-state index contributed by atoms with van der Waals surface area (Å²) >= 11 is 0. The number of carbonyl (C=O) groups excluding carboxylic acids is 1. The van der Waals surface area contributed by atoms with E-state index in [2.05, 4.69) is 10.1 Å². The molecule has 2 aromatic rings. The van der Waals surface area contributed by atoms with Crippen LogP contribution in [0.2, 0.25) is 0 Å². The second-order valence-corrected chi connectivity index (χ2v) is 8.35. The van der Waals surface area contributed by atoms with Crippen molar-refractivity contribution in [2.24, 2.45) is 0 Å². The Hall–Kier alpha value is -2.00. The summed E-state index contributed by atoms with van der Waals surface area (Å²) in [7, 11) is -3.22. The quantitative estimate of drug-likeness (QED) is 0.802. The fourth-order valence-corrected chi connectivity index (χ4v) is 4.09. The second kappa shape index (κ2) is 6.38. The van der Waals surface area contributed by atoms with Crippen LogP contribution in [-0.2, 0) is 16.6 Å². The molecule has 25 heavy (non-hydrogen) atoms. The lowest BCUT2D eigenvalue weighted by Gasteiger charge is -2.33. The molecular formula is C16H23N5O3S. The van der Waals surface area contributed by atoms with Crippen LogP contribution in [0, 0.1) is 13.8 Å². The molecule has 0 aromatic carbocycles. The lowest BCUT2D eigenvalue weighted by atomic mass is 10.1. The third kappa shape index (κ3) is 3.25. The number of aryl methyl sites for hydroxylation is 3. The Morgan fingerprint density at radius 3 is 2.40 bits per heavy atom. The maximum Gasteiger partial charge on any atom is 0.254 e. The predicted molar refractivity (Wildman–Crippen MR) is 95.0 cm³/mol. The van der Waals surface area contributed by atoms with Crippen LogP contribution in [-0.4, -0.2) is 70.7 Å². The van der Waals surface area contributed by atoms with Gasteiger partial charge in [-0.05, 0) is 26.8 Å². The molecule has 3 heterocycles. The molecule has 2 aromatic heterocycles. The Balaban J connectivity index is 1.95. The minimum atomic E-state index is -3.22. The molecule has 1 amide bonds. The zero-order valence-electron chi connectivity index (χ0n) is 15.0. The van der Waals surface area contributed by atoms with E-state index in [4.69, 9.17) is 0 Å². The molecule has 0 spiro atoms. The topological polar surface area (TPSA) is 88.4 Å². The number of amides is 1. The number of carbonyl (C=O) groups is 1. The fourth-order valence-electron chi connectivity index (χ4n) is 3.26. The van der Waals surface area contributed by atoms with Gasteiger partial charge in [-0.1, -0.05) is 0 Å². The van der Waals surface area contributed by atoms with Crippen molar-refractivity contribution in [1.82, 2.24) is 24.0 Å². The van der Waals surface area contributed by atoms with Crippen molar-refractivity contribution in [2.75, 3.05) is 32.4 Å². The summed E-state index contributed by atoms with van der Waals surface area (Å²) < 4.78 is 26.5. The highest BCUT2D eigenvalue weighted by Crippen LogP contribution is 2.24. The number of hydrogen-bond donors (Lipinski definition) is 0. The SMILES string of the molecule is CCn1nc(C)c2c(C(=O)N3CCN(S(C)(=O)=O)CC3)cc(C)nc21. The van der Waals surface area contributed by atoms with Gasteiger partial charge >= 0.3 is 0 Å². The lowest BCUT2D eigenvalue weighted by molar-refractivity contribution is 0.0700. The van der Waals surface area contributed by atoms with Crippen LogP contribution < -0.4 is 0 Å². The van der Waals surface area contributed by atoms with Crippen molar-refractivity contribution in [1.29, 1.82) is 0 Å². The Labute approximate surface area is 147 Å². The van der Waals surface area contributed by atoms with Gasteiger partial charge in [0.15, 0.2) is 5.65 Å². The van der Waals surface area contributed by atoms with E-state index >= 15 is 0 Å². The van der Waals surface area contributed by atoms with Gasteiger partial charge in [-0.2, -0.15) is 9.40 Å². The molecule has 1 aliphatic heterocycles. The normalized spacial score (nSPS) is 16.6. The van der Waals surface area contributed by atoms with Gasteiger partial charge in [-0.15, -0.1) is 0 Å².